The van der Waals surface area contributed by atoms with Crippen LogP contribution in [-0.4, -0.2) is 42.2 Å². The van der Waals surface area contributed by atoms with Crippen molar-refractivity contribution in [3.8, 4) is 5.75 Å². The van der Waals surface area contributed by atoms with E-state index in [0.29, 0.717) is 17.3 Å². The minimum absolute atomic E-state index is 0.0112. The van der Waals surface area contributed by atoms with E-state index in [4.69, 9.17) is 16.3 Å². The topological polar surface area (TPSA) is 49.8 Å². The average molecular weight is 284 g/mol. The molecule has 5 heteroatoms. The standard InChI is InChI=1S/C14H18ClNO3/c1-19-13-5-4-11(15)7-10(13)8-14(18)16-6-2-3-12(16)9-17/h4-5,7,12,17H,2-3,6,8-9H2,1H3/t12-/m0/s1. The number of ether oxygens (including phenoxy) is 1. The SMILES string of the molecule is COc1ccc(Cl)cc1CC(=O)N1CCC[C@H]1CO. The molecule has 1 heterocycles. The lowest BCUT2D eigenvalue weighted by Gasteiger charge is -2.23. The molecule has 1 aliphatic rings. The van der Waals surface area contributed by atoms with Gasteiger partial charge >= 0.3 is 0 Å². The summed E-state index contributed by atoms with van der Waals surface area (Å²) in [5.74, 6) is 0.676. The molecule has 0 bridgehead atoms. The van der Waals surface area contributed by atoms with Crippen LogP contribution >= 0.6 is 11.6 Å². The summed E-state index contributed by atoms with van der Waals surface area (Å²) in [7, 11) is 1.57. The highest BCUT2D eigenvalue weighted by Crippen LogP contribution is 2.25. The first-order chi connectivity index (χ1) is 9.15. The van der Waals surface area contributed by atoms with E-state index < -0.39 is 0 Å². The van der Waals surface area contributed by atoms with Crippen molar-refractivity contribution in [2.24, 2.45) is 0 Å². The van der Waals surface area contributed by atoms with E-state index in [0.717, 1.165) is 18.4 Å². The molecule has 1 aromatic carbocycles. The van der Waals surface area contributed by atoms with E-state index in [1.165, 1.54) is 0 Å². The first kappa shape index (κ1) is 14.2. The lowest BCUT2D eigenvalue weighted by molar-refractivity contribution is -0.132. The maximum absolute atomic E-state index is 12.3. The van der Waals surface area contributed by atoms with E-state index in [-0.39, 0.29) is 25.0 Å². The molecule has 104 valence electrons. The number of likely N-dealkylation sites (tertiary alicyclic amines) is 1. The minimum Gasteiger partial charge on any atom is -0.496 e. The number of hydrogen-bond acceptors (Lipinski definition) is 3. The summed E-state index contributed by atoms with van der Waals surface area (Å²) in [5.41, 5.74) is 0.781. The summed E-state index contributed by atoms with van der Waals surface area (Å²) in [6, 6.07) is 5.21. The van der Waals surface area contributed by atoms with Crippen molar-refractivity contribution >= 4 is 17.5 Å². The molecular formula is C14H18ClNO3. The Kier molecular flexibility index (Phi) is 4.66. The van der Waals surface area contributed by atoms with Gasteiger partial charge < -0.3 is 14.7 Å². The van der Waals surface area contributed by atoms with Gasteiger partial charge in [-0.25, -0.2) is 0 Å². The van der Waals surface area contributed by atoms with Crippen molar-refractivity contribution < 1.29 is 14.6 Å². The predicted molar refractivity (Wildman–Crippen MR) is 73.5 cm³/mol. The molecule has 0 aliphatic carbocycles. The zero-order chi connectivity index (χ0) is 13.8. The number of methoxy groups -OCH3 is 1. The van der Waals surface area contributed by atoms with Crippen molar-refractivity contribution in [3.63, 3.8) is 0 Å². The lowest BCUT2D eigenvalue weighted by atomic mass is 10.1. The number of rotatable bonds is 4. The van der Waals surface area contributed by atoms with Crippen molar-refractivity contribution in [1.29, 1.82) is 0 Å². The zero-order valence-corrected chi connectivity index (χ0v) is 11.7. The van der Waals surface area contributed by atoms with Crippen LogP contribution in [0.2, 0.25) is 5.02 Å². The molecule has 0 spiro atoms. The first-order valence-electron chi connectivity index (χ1n) is 6.38. The van der Waals surface area contributed by atoms with Crippen LogP contribution in [-0.2, 0) is 11.2 Å². The number of aliphatic hydroxyl groups excluding tert-OH is 1. The van der Waals surface area contributed by atoms with Gasteiger partial charge in [0, 0.05) is 17.1 Å². The van der Waals surface area contributed by atoms with E-state index in [9.17, 15) is 9.90 Å². The Balaban J connectivity index is 2.12. The molecule has 0 aromatic heterocycles. The highest BCUT2D eigenvalue weighted by atomic mass is 35.5. The summed E-state index contributed by atoms with van der Waals surface area (Å²) in [4.78, 5) is 14.0. The highest BCUT2D eigenvalue weighted by molar-refractivity contribution is 6.30. The van der Waals surface area contributed by atoms with Crippen molar-refractivity contribution in [2.75, 3.05) is 20.3 Å². The summed E-state index contributed by atoms with van der Waals surface area (Å²) in [6.07, 6.45) is 2.07. The van der Waals surface area contributed by atoms with Crippen LogP contribution in [0.25, 0.3) is 0 Å². The molecular weight excluding hydrogens is 266 g/mol. The third-order valence-electron chi connectivity index (χ3n) is 3.49. The van der Waals surface area contributed by atoms with Gasteiger partial charge in [0.2, 0.25) is 5.91 Å². The highest BCUT2D eigenvalue weighted by Gasteiger charge is 2.28. The fourth-order valence-corrected chi connectivity index (χ4v) is 2.70. The summed E-state index contributed by atoms with van der Waals surface area (Å²) >= 11 is 5.95. The Morgan fingerprint density at radius 1 is 1.58 bits per heavy atom. The molecule has 2 rings (SSSR count). The molecule has 1 saturated heterocycles. The quantitative estimate of drug-likeness (QED) is 0.918. The Morgan fingerprint density at radius 2 is 2.37 bits per heavy atom. The maximum Gasteiger partial charge on any atom is 0.227 e. The number of carbonyl (C=O) groups is 1. The molecule has 0 unspecified atom stereocenters. The lowest BCUT2D eigenvalue weighted by Crippen LogP contribution is -2.38. The third-order valence-corrected chi connectivity index (χ3v) is 3.73. The summed E-state index contributed by atoms with van der Waals surface area (Å²) in [6.45, 7) is 0.741. The molecule has 1 aliphatic heterocycles. The first-order valence-corrected chi connectivity index (χ1v) is 6.76. The molecule has 1 atom stereocenters. The molecule has 19 heavy (non-hydrogen) atoms. The van der Waals surface area contributed by atoms with Gasteiger partial charge in [-0.05, 0) is 31.0 Å². The van der Waals surface area contributed by atoms with E-state index >= 15 is 0 Å². The van der Waals surface area contributed by atoms with Crippen LogP contribution in [0.1, 0.15) is 18.4 Å². The number of nitrogens with zero attached hydrogens (tertiary/aromatic N) is 1. The fourth-order valence-electron chi connectivity index (χ4n) is 2.50. The van der Waals surface area contributed by atoms with Gasteiger partial charge in [0.05, 0.1) is 26.2 Å². The van der Waals surface area contributed by atoms with Crippen LogP contribution in [0.3, 0.4) is 0 Å². The van der Waals surface area contributed by atoms with Gasteiger partial charge in [-0.3, -0.25) is 4.79 Å². The number of carbonyl (C=O) groups excluding carboxylic acids is 1. The number of benzene rings is 1. The van der Waals surface area contributed by atoms with Crippen molar-refractivity contribution in [1.82, 2.24) is 4.90 Å². The zero-order valence-electron chi connectivity index (χ0n) is 10.9. The minimum atomic E-state index is -0.0438. The Hall–Kier alpha value is -1.26. The largest absolute Gasteiger partial charge is 0.496 e. The van der Waals surface area contributed by atoms with Gasteiger partial charge in [-0.15, -0.1) is 0 Å². The fraction of sp³-hybridized carbons (Fsp3) is 0.500. The van der Waals surface area contributed by atoms with Crippen LogP contribution in [0.4, 0.5) is 0 Å². The van der Waals surface area contributed by atoms with Gasteiger partial charge in [-0.1, -0.05) is 11.6 Å². The van der Waals surface area contributed by atoms with Gasteiger partial charge in [0.15, 0.2) is 0 Å². The van der Waals surface area contributed by atoms with Crippen LogP contribution in [0.5, 0.6) is 5.75 Å². The normalized spacial score (nSPS) is 18.7. The second-order valence-corrected chi connectivity index (χ2v) is 5.14. The van der Waals surface area contributed by atoms with Gasteiger partial charge in [-0.2, -0.15) is 0 Å². The molecule has 4 nitrogen and oxygen atoms in total. The summed E-state index contributed by atoms with van der Waals surface area (Å²) < 4.78 is 5.24. The van der Waals surface area contributed by atoms with Crippen molar-refractivity contribution in [3.05, 3.63) is 28.8 Å². The average Bonchev–Trinajstić information content (AvgIpc) is 2.87. The molecule has 0 saturated carbocycles. The molecule has 1 aromatic rings. The van der Waals surface area contributed by atoms with Crippen molar-refractivity contribution in [2.45, 2.75) is 25.3 Å². The molecule has 1 fully saturated rings. The monoisotopic (exact) mass is 283 g/mol. The number of hydrogen-bond donors (Lipinski definition) is 1. The van der Waals surface area contributed by atoms with E-state index in [2.05, 4.69) is 0 Å². The van der Waals surface area contributed by atoms with Crippen LogP contribution in [0.15, 0.2) is 18.2 Å². The Morgan fingerprint density at radius 3 is 3.05 bits per heavy atom. The second-order valence-electron chi connectivity index (χ2n) is 4.70. The molecule has 1 amide bonds. The van der Waals surface area contributed by atoms with Crippen LogP contribution in [0, 0.1) is 0 Å². The third kappa shape index (κ3) is 3.19. The second kappa shape index (κ2) is 6.26. The Bertz CT molecular complexity index is 464. The summed E-state index contributed by atoms with van der Waals surface area (Å²) in [5, 5.41) is 9.84. The number of halogens is 1. The van der Waals surface area contributed by atoms with Gasteiger partial charge in [0.25, 0.3) is 0 Å². The number of amides is 1. The van der Waals surface area contributed by atoms with E-state index in [1.807, 2.05) is 0 Å². The maximum atomic E-state index is 12.3. The smallest absolute Gasteiger partial charge is 0.227 e. The Labute approximate surface area is 117 Å². The molecule has 0 radical (unpaired) electrons. The van der Waals surface area contributed by atoms with E-state index in [1.54, 1.807) is 30.2 Å². The predicted octanol–water partition coefficient (Wildman–Crippen LogP) is 1.87. The number of aliphatic hydroxyl groups is 1. The van der Waals surface area contributed by atoms with Crippen LogP contribution < -0.4 is 4.74 Å². The van der Waals surface area contributed by atoms with Gasteiger partial charge in [0.1, 0.15) is 5.75 Å². The molecule has 1 N–H and O–H groups in total.